The van der Waals surface area contributed by atoms with Crippen molar-refractivity contribution in [2.45, 2.75) is 275 Å². The molecule has 0 aromatic heterocycles. The normalized spacial score (nSPS) is 29.9. The number of sulfonamides is 1. The third kappa shape index (κ3) is 21.4. The number of benzene rings is 5. The molecule has 0 heterocycles. The van der Waals surface area contributed by atoms with Crippen molar-refractivity contribution in [3.63, 3.8) is 0 Å². The SMILES string of the molecule is C=C(OCC)C1(C)c2cc(Br)ccc2CC12CCC(OC)CC2.C=[C-]OCC.CCOC(=O)C1(C)c2cc(Br)ccc2CC12CCC(OC)CC2.CCOC(=O)C1(N)c2cc(Br)ccc2CC12CCC(OC)CC2.COC1CCC2(CC1)Cc1ccc(Br)cc1C2=NS(=O)(=O)CC[Si](C)(C)C.COC1CCC2(CC1)Cc1ccc(Br)cc1C2=O.[Li+]. The van der Waals surface area contributed by atoms with Gasteiger partial charge in [0.2, 0.25) is 0 Å². The maximum Gasteiger partial charge on any atom is 1.00 e. The molecule has 120 heavy (non-hydrogen) atoms. The molecule has 654 valence electrons. The number of hydrogen-bond donors (Lipinski definition) is 1. The Balaban J connectivity index is 0.000000168. The third-order valence-electron chi connectivity index (χ3n) is 28.8. The molecule has 3 atom stereocenters. The topological polar surface area (TPSA) is 207 Å². The average Bonchev–Trinajstić information content (AvgIpc) is 1.55. The number of fused-ring (bicyclic) bond motifs is 5. The van der Waals surface area contributed by atoms with Gasteiger partial charge in [-0.3, -0.25) is 9.59 Å². The van der Waals surface area contributed by atoms with Crippen LogP contribution in [0.15, 0.2) is 137 Å². The summed E-state index contributed by atoms with van der Waals surface area (Å²) in [7, 11) is 4.00. The van der Waals surface area contributed by atoms with E-state index in [0.717, 1.165) is 210 Å². The molecule has 10 aliphatic carbocycles. The summed E-state index contributed by atoms with van der Waals surface area (Å²) in [5.41, 5.74) is 17.2. The predicted octanol–water partition coefficient (Wildman–Crippen LogP) is 19.9. The first-order chi connectivity index (χ1) is 56.5. The van der Waals surface area contributed by atoms with E-state index >= 15 is 0 Å². The molecule has 0 bridgehead atoms. The summed E-state index contributed by atoms with van der Waals surface area (Å²) in [5.74, 6) is 1.06. The van der Waals surface area contributed by atoms with Gasteiger partial charge >= 0.3 is 30.8 Å². The number of carbonyl (C=O) groups excluding carboxylic acids is 3. The second-order valence-corrected chi connectivity index (χ2v) is 48.2. The maximum atomic E-state index is 13.0. The molecule has 0 radical (unpaired) electrons. The number of ketones is 1. The number of nitrogens with two attached hydrogens (primary N) is 1. The van der Waals surface area contributed by atoms with Gasteiger partial charge in [0.05, 0.1) is 78.4 Å². The zero-order chi connectivity index (χ0) is 86.7. The van der Waals surface area contributed by atoms with Crippen molar-refractivity contribution in [3.05, 3.63) is 194 Å². The Kier molecular flexibility index (Phi) is 35.5. The van der Waals surface area contributed by atoms with E-state index < -0.39 is 29.1 Å². The van der Waals surface area contributed by atoms with Crippen molar-refractivity contribution < 1.29 is 84.3 Å². The van der Waals surface area contributed by atoms with Crippen LogP contribution in [-0.4, -0.2) is 138 Å². The molecule has 0 aliphatic heterocycles. The van der Waals surface area contributed by atoms with Crippen LogP contribution in [0.2, 0.25) is 25.7 Å². The van der Waals surface area contributed by atoms with E-state index in [-0.39, 0.29) is 81.2 Å². The Morgan fingerprint density at radius 3 is 1.23 bits per heavy atom. The van der Waals surface area contributed by atoms with E-state index in [0.29, 0.717) is 50.5 Å². The number of nitrogens with zero attached hydrogens (tertiary/aromatic N) is 1. The molecule has 5 aromatic carbocycles. The molecule has 3 unspecified atom stereocenters. The summed E-state index contributed by atoms with van der Waals surface area (Å²) < 4.78 is 84.2. The van der Waals surface area contributed by atoms with Gasteiger partial charge in [0, 0.05) is 100.0 Å². The monoisotopic (exact) mass is 2000 g/mol. The van der Waals surface area contributed by atoms with Gasteiger partial charge in [-0.2, -0.15) is 4.40 Å². The molecule has 5 spiro atoms. The van der Waals surface area contributed by atoms with E-state index in [1.807, 2.05) is 71.2 Å². The fraction of sp³-hybridized carbons (Fsp3) is 0.604. The van der Waals surface area contributed by atoms with Crippen molar-refractivity contribution >= 4 is 121 Å². The van der Waals surface area contributed by atoms with E-state index in [4.69, 9.17) is 43.6 Å². The average molecular weight is 2000 g/mol. The summed E-state index contributed by atoms with van der Waals surface area (Å²) in [6.07, 6.45) is 28.6. The van der Waals surface area contributed by atoms with Gasteiger partial charge in [-0.05, 0) is 324 Å². The predicted molar refractivity (Wildman–Crippen MR) is 496 cm³/mol. The van der Waals surface area contributed by atoms with Gasteiger partial charge in [-0.1, -0.05) is 136 Å². The first-order valence-corrected chi connectivity index (χ1v) is 52.3. The molecule has 0 saturated heterocycles. The van der Waals surface area contributed by atoms with Crippen LogP contribution in [0.25, 0.3) is 0 Å². The van der Waals surface area contributed by atoms with Crippen molar-refractivity contribution in [2.75, 3.05) is 67.7 Å². The second-order valence-electron chi connectivity index (χ2n) is 36.3. The van der Waals surface area contributed by atoms with Gasteiger partial charge in [-0.25, -0.2) is 19.8 Å². The van der Waals surface area contributed by atoms with Crippen molar-refractivity contribution in [1.82, 2.24) is 0 Å². The van der Waals surface area contributed by atoms with Gasteiger partial charge < -0.3 is 54.6 Å². The Hall–Kier alpha value is -3.62. The van der Waals surface area contributed by atoms with Crippen LogP contribution < -0.4 is 24.6 Å². The Labute approximate surface area is 772 Å². The fourth-order valence-electron chi connectivity index (χ4n) is 21.6. The summed E-state index contributed by atoms with van der Waals surface area (Å²) >= 11 is 17.7. The third-order valence-corrected chi connectivity index (χ3v) is 34.6. The van der Waals surface area contributed by atoms with Crippen LogP contribution >= 0.6 is 79.6 Å². The first-order valence-electron chi connectivity index (χ1n) is 43.0. The maximum absolute atomic E-state index is 13.0. The van der Waals surface area contributed by atoms with Crippen LogP contribution in [0.1, 0.15) is 230 Å². The smallest absolute Gasteiger partial charge is 0.694 e. The van der Waals surface area contributed by atoms with Crippen LogP contribution in [0.4, 0.5) is 0 Å². The summed E-state index contributed by atoms with van der Waals surface area (Å²) in [6, 6.07) is 32.2. The van der Waals surface area contributed by atoms with Gasteiger partial charge in [0.1, 0.15) is 5.54 Å². The Morgan fingerprint density at radius 2 is 0.817 bits per heavy atom. The van der Waals surface area contributed by atoms with Crippen molar-refractivity contribution in [1.29, 1.82) is 0 Å². The number of allylic oxidation sites excluding steroid dienone is 1. The zero-order valence-electron chi connectivity index (χ0n) is 73.9. The molecule has 15 rings (SSSR count). The Bertz CT molecular complexity index is 4280. The minimum absolute atomic E-state index is 0. The number of Topliss-reactive ketones (excluding diaryl/α,β-unsaturated/α-hetero) is 1. The zero-order valence-corrected chi connectivity index (χ0v) is 83.7. The van der Waals surface area contributed by atoms with Gasteiger partial charge in [0.25, 0.3) is 10.0 Å². The first kappa shape index (κ1) is 100. The van der Waals surface area contributed by atoms with E-state index in [1.54, 1.807) is 28.4 Å². The molecule has 16 nitrogen and oxygen atoms in total. The van der Waals surface area contributed by atoms with E-state index in [9.17, 15) is 22.8 Å². The Morgan fingerprint density at radius 1 is 0.475 bits per heavy atom. The van der Waals surface area contributed by atoms with Crippen LogP contribution in [0.5, 0.6) is 0 Å². The molecular weight excluding hydrogens is 1870 g/mol. The van der Waals surface area contributed by atoms with Crippen LogP contribution in [0, 0.1) is 33.3 Å². The molecular formula is C96H130Br5LiN2O14SSi. The molecule has 2 N–H and O–H groups in total. The largest absolute Gasteiger partial charge is 1.00 e. The number of rotatable bonds is 18. The number of carbonyl (C=O) groups is 3. The molecule has 0 amide bonds. The number of halogens is 5. The quantitative estimate of drug-likeness (QED) is 0.0375. The molecule has 5 saturated carbocycles. The van der Waals surface area contributed by atoms with Crippen molar-refractivity contribution in [2.24, 2.45) is 37.2 Å². The minimum Gasteiger partial charge on any atom is -0.694 e. The minimum atomic E-state index is -3.47. The summed E-state index contributed by atoms with van der Waals surface area (Å²) in [5, 5.41) is 0. The van der Waals surface area contributed by atoms with Crippen molar-refractivity contribution in [3.8, 4) is 0 Å². The van der Waals surface area contributed by atoms with Crippen LogP contribution in [0.3, 0.4) is 0 Å². The molecule has 24 heteroatoms. The molecule has 5 aromatic rings. The molecule has 10 aliphatic rings. The standard InChI is InChI=1S/C20H30BrNO3SSi.C20H27BrO2.C19H25BrO3.C18H24BrNO3.C15H17BrO2.C4H7O.Li/c1-25-17-7-9-20(10-8-17)14-15-5-6-16(21)13-18(15)19(20)22-26(23,24)11-12-27(2,3)4;1-5-23-14(2)19(3)18-12-16(21)7-6-15(18)13-20(19)10-8-17(22-4)9-11-20;1-4-23-17(21)18(2)16-11-14(20)6-5-13(16)12-19(18)9-7-15(22-3)8-10-19;1-3-23-16(21)18(20)15-10-13(19)5-4-12(15)11-17(18)8-6-14(22-2)7-9-17;1-18-12-4-6-15(7-5-12)9-10-2-3-11(16)8-13(10)14(15)17;1-3-5-4-2;/h5-6,13,17H,7-12,14H2,1-4H3;6-7,12,17H,2,5,8-11,13H2,1,3-4H3;5-6,11,15H,4,7-10,12H2,1-3H3;4-5,10,14H,3,6-9,11,20H2,1-2H3;2-3,8,12H,4-7,9H2,1H3;1,4H2,2H3;/q;;;;;-1;+1. The van der Waals surface area contributed by atoms with Gasteiger partial charge in [-0.15, -0.1) is 0 Å². The fourth-order valence-corrected chi connectivity index (χ4v) is 27.5. The van der Waals surface area contributed by atoms with Crippen LogP contribution in [-0.2, 0) is 111 Å². The second kappa shape index (κ2) is 42.5. The number of ether oxygens (including phenoxy) is 9. The summed E-state index contributed by atoms with van der Waals surface area (Å²) in [4.78, 5) is 38.5. The summed E-state index contributed by atoms with van der Waals surface area (Å²) in [6.45, 7) is 28.3. The van der Waals surface area contributed by atoms with E-state index in [1.165, 1.54) is 46.2 Å². The molecule has 5 fully saturated rings. The van der Waals surface area contributed by atoms with Gasteiger partial charge in [0.15, 0.2) is 5.78 Å². The number of hydrogen-bond acceptors (Lipinski definition) is 15. The number of esters is 2. The van der Waals surface area contributed by atoms with E-state index in [2.05, 4.69) is 196 Å². The number of methoxy groups -OCH3 is 5.